The van der Waals surface area contributed by atoms with Crippen molar-refractivity contribution in [1.29, 1.82) is 0 Å². The molecule has 116 valence electrons. The number of aliphatic carboxylic acids is 1. The van der Waals surface area contributed by atoms with E-state index in [1.807, 2.05) is 51.9 Å². The van der Waals surface area contributed by atoms with Gasteiger partial charge in [0.25, 0.3) is 5.91 Å². The van der Waals surface area contributed by atoms with Crippen molar-refractivity contribution in [3.8, 4) is 0 Å². The van der Waals surface area contributed by atoms with Crippen molar-refractivity contribution >= 4 is 17.6 Å². The van der Waals surface area contributed by atoms with Crippen LogP contribution in [0.2, 0.25) is 0 Å². The lowest BCUT2D eigenvalue weighted by Gasteiger charge is -2.30. The molecule has 1 aromatic carbocycles. The fourth-order valence-electron chi connectivity index (χ4n) is 1.90. The minimum absolute atomic E-state index is 0.0922. The molecular weight excluding hydrogens is 268 g/mol. The lowest BCUT2D eigenvalue weighted by molar-refractivity contribution is -0.138. The second-order valence-electron chi connectivity index (χ2n) is 6.43. The normalized spacial score (nSPS) is 12.6. The zero-order chi connectivity index (χ0) is 16.2. The highest BCUT2D eigenvalue weighted by molar-refractivity contribution is 5.95. The van der Waals surface area contributed by atoms with Gasteiger partial charge in [-0.15, -0.1) is 0 Å². The molecule has 0 radical (unpaired) electrons. The zero-order valence-corrected chi connectivity index (χ0v) is 13.3. The van der Waals surface area contributed by atoms with Crippen LogP contribution in [-0.2, 0) is 4.79 Å². The average Bonchev–Trinajstić information content (AvgIpc) is 2.36. The molecule has 0 aliphatic carbocycles. The van der Waals surface area contributed by atoms with Gasteiger partial charge in [-0.1, -0.05) is 20.8 Å². The maximum absolute atomic E-state index is 12.2. The smallest absolute Gasteiger partial charge is 0.305 e. The summed E-state index contributed by atoms with van der Waals surface area (Å²) in [5.74, 6) is -1.17. The monoisotopic (exact) mass is 292 g/mol. The molecule has 0 aliphatic heterocycles. The molecule has 0 aromatic heterocycles. The van der Waals surface area contributed by atoms with Crippen LogP contribution in [0.4, 0.5) is 5.69 Å². The Balaban J connectivity index is 2.84. The number of anilines is 1. The molecule has 0 fully saturated rings. The Labute approximate surface area is 126 Å². The molecule has 5 nitrogen and oxygen atoms in total. The topological polar surface area (TPSA) is 69.6 Å². The molecule has 21 heavy (non-hydrogen) atoms. The first-order valence-corrected chi connectivity index (χ1v) is 6.91. The first kappa shape index (κ1) is 17.0. The summed E-state index contributed by atoms with van der Waals surface area (Å²) >= 11 is 0. The fourth-order valence-corrected chi connectivity index (χ4v) is 1.90. The summed E-state index contributed by atoms with van der Waals surface area (Å²) in [5.41, 5.74) is 1.21. The largest absolute Gasteiger partial charge is 0.481 e. The van der Waals surface area contributed by atoms with Crippen molar-refractivity contribution < 1.29 is 14.7 Å². The van der Waals surface area contributed by atoms with Gasteiger partial charge < -0.3 is 15.3 Å². The lowest BCUT2D eigenvalue weighted by Crippen LogP contribution is -2.45. The Morgan fingerprint density at radius 2 is 1.71 bits per heavy atom. The molecule has 1 amide bonds. The average molecular weight is 292 g/mol. The van der Waals surface area contributed by atoms with E-state index in [4.69, 9.17) is 5.11 Å². The molecule has 0 aliphatic rings. The zero-order valence-electron chi connectivity index (χ0n) is 13.3. The highest BCUT2D eigenvalue weighted by Gasteiger charge is 2.28. The van der Waals surface area contributed by atoms with Gasteiger partial charge in [0.15, 0.2) is 0 Å². The summed E-state index contributed by atoms with van der Waals surface area (Å²) in [6, 6.07) is 6.78. The summed E-state index contributed by atoms with van der Waals surface area (Å²) in [6.07, 6.45) is -0.0922. The van der Waals surface area contributed by atoms with Crippen LogP contribution in [-0.4, -0.2) is 37.1 Å². The van der Waals surface area contributed by atoms with Gasteiger partial charge in [0.1, 0.15) is 0 Å². The van der Waals surface area contributed by atoms with E-state index in [2.05, 4.69) is 5.32 Å². The number of carbonyl (C=O) groups excluding carboxylic acids is 1. The molecular formula is C16H24N2O3. The number of benzene rings is 1. The standard InChI is InChI=1S/C16H24N2O3/c1-16(2,3)13(10-14(19)20)17-15(21)11-6-8-12(9-7-11)18(4)5/h6-9,13H,10H2,1-5H3,(H,17,21)(H,19,20). The van der Waals surface area contributed by atoms with E-state index >= 15 is 0 Å². The Morgan fingerprint density at radius 1 is 1.19 bits per heavy atom. The van der Waals surface area contributed by atoms with Crippen LogP contribution in [0.25, 0.3) is 0 Å². The summed E-state index contributed by atoms with van der Waals surface area (Å²) in [7, 11) is 3.86. The van der Waals surface area contributed by atoms with Crippen molar-refractivity contribution in [2.24, 2.45) is 5.41 Å². The summed E-state index contributed by atoms with van der Waals surface area (Å²) in [5, 5.41) is 11.8. The number of carboxylic acid groups (broad SMARTS) is 1. The third kappa shape index (κ3) is 5.10. The minimum atomic E-state index is -0.918. The Kier molecular flexibility index (Phi) is 5.35. The number of carboxylic acids is 1. The number of nitrogens with one attached hydrogen (secondary N) is 1. The molecule has 5 heteroatoms. The van der Waals surface area contributed by atoms with Crippen molar-refractivity contribution in [2.75, 3.05) is 19.0 Å². The van der Waals surface area contributed by atoms with E-state index in [-0.39, 0.29) is 17.7 Å². The summed E-state index contributed by atoms with van der Waals surface area (Å²) in [4.78, 5) is 25.1. The molecule has 2 N–H and O–H groups in total. The van der Waals surface area contributed by atoms with Crippen LogP contribution in [0, 0.1) is 5.41 Å². The van der Waals surface area contributed by atoms with Crippen LogP contribution < -0.4 is 10.2 Å². The lowest BCUT2D eigenvalue weighted by atomic mass is 9.84. The third-order valence-electron chi connectivity index (χ3n) is 3.38. The van der Waals surface area contributed by atoms with Crippen LogP contribution in [0.15, 0.2) is 24.3 Å². The highest BCUT2D eigenvalue weighted by atomic mass is 16.4. The van der Waals surface area contributed by atoms with Crippen LogP contribution in [0.5, 0.6) is 0 Å². The summed E-state index contributed by atoms with van der Waals surface area (Å²) in [6.45, 7) is 5.74. The SMILES string of the molecule is CN(C)c1ccc(C(=O)NC(CC(=O)O)C(C)(C)C)cc1. The molecule has 1 atom stereocenters. The molecule has 1 aromatic rings. The van der Waals surface area contributed by atoms with Gasteiger partial charge in [-0.25, -0.2) is 0 Å². The number of amides is 1. The first-order chi connectivity index (χ1) is 9.61. The quantitative estimate of drug-likeness (QED) is 0.874. The number of rotatable bonds is 5. The van der Waals surface area contributed by atoms with Gasteiger partial charge >= 0.3 is 5.97 Å². The van der Waals surface area contributed by atoms with Crippen LogP contribution in [0.1, 0.15) is 37.6 Å². The molecule has 0 heterocycles. The Morgan fingerprint density at radius 3 is 2.10 bits per heavy atom. The van der Waals surface area contributed by atoms with E-state index in [0.29, 0.717) is 5.56 Å². The van der Waals surface area contributed by atoms with E-state index in [1.165, 1.54) is 0 Å². The van der Waals surface area contributed by atoms with E-state index in [1.54, 1.807) is 12.1 Å². The maximum atomic E-state index is 12.2. The Hall–Kier alpha value is -2.04. The molecule has 1 unspecified atom stereocenters. The van der Waals surface area contributed by atoms with E-state index in [9.17, 15) is 9.59 Å². The number of hydrogen-bond donors (Lipinski definition) is 2. The number of hydrogen-bond acceptors (Lipinski definition) is 3. The van der Waals surface area contributed by atoms with Crippen molar-refractivity contribution in [1.82, 2.24) is 5.32 Å². The van der Waals surface area contributed by atoms with Gasteiger partial charge in [-0.05, 0) is 29.7 Å². The van der Waals surface area contributed by atoms with Crippen molar-refractivity contribution in [3.05, 3.63) is 29.8 Å². The number of nitrogens with zero attached hydrogens (tertiary/aromatic N) is 1. The predicted molar refractivity (Wildman–Crippen MR) is 83.7 cm³/mol. The second kappa shape index (κ2) is 6.61. The third-order valence-corrected chi connectivity index (χ3v) is 3.38. The van der Waals surface area contributed by atoms with Gasteiger partial charge in [0, 0.05) is 31.4 Å². The first-order valence-electron chi connectivity index (χ1n) is 6.91. The molecule has 0 spiro atoms. The van der Waals surface area contributed by atoms with Crippen molar-refractivity contribution in [2.45, 2.75) is 33.2 Å². The maximum Gasteiger partial charge on any atom is 0.305 e. The summed E-state index contributed by atoms with van der Waals surface area (Å²) < 4.78 is 0. The van der Waals surface area contributed by atoms with Gasteiger partial charge in [0.05, 0.1) is 6.42 Å². The van der Waals surface area contributed by atoms with Gasteiger partial charge in [-0.2, -0.15) is 0 Å². The van der Waals surface area contributed by atoms with Crippen LogP contribution in [0.3, 0.4) is 0 Å². The van der Waals surface area contributed by atoms with E-state index < -0.39 is 12.0 Å². The van der Waals surface area contributed by atoms with Gasteiger partial charge in [0.2, 0.25) is 0 Å². The molecule has 1 rings (SSSR count). The van der Waals surface area contributed by atoms with Crippen LogP contribution >= 0.6 is 0 Å². The molecule has 0 saturated heterocycles. The molecule has 0 saturated carbocycles. The van der Waals surface area contributed by atoms with E-state index in [0.717, 1.165) is 5.69 Å². The minimum Gasteiger partial charge on any atom is -0.481 e. The predicted octanol–water partition coefficient (Wildman–Crippen LogP) is 2.37. The molecule has 0 bridgehead atoms. The van der Waals surface area contributed by atoms with Crippen molar-refractivity contribution in [3.63, 3.8) is 0 Å². The fraction of sp³-hybridized carbons (Fsp3) is 0.500. The van der Waals surface area contributed by atoms with Gasteiger partial charge in [-0.3, -0.25) is 9.59 Å². The number of carbonyl (C=O) groups is 2. The Bertz CT molecular complexity index is 501. The highest BCUT2D eigenvalue weighted by Crippen LogP contribution is 2.22. The second-order valence-corrected chi connectivity index (χ2v) is 6.43.